The van der Waals surface area contributed by atoms with Crippen LogP contribution in [0.2, 0.25) is 0 Å². The number of hydrogen-bond acceptors (Lipinski definition) is 2. The highest BCUT2D eigenvalue weighted by Crippen LogP contribution is 2.65. The van der Waals surface area contributed by atoms with Gasteiger partial charge in [0.05, 0.1) is 33.3 Å². The molecule has 0 aliphatic heterocycles. The third-order valence-corrected chi connectivity index (χ3v) is 21.4. The second kappa shape index (κ2) is 21.1. The highest BCUT2D eigenvalue weighted by Gasteiger charge is 2.53. The Morgan fingerprint density at radius 1 is 0.146 bits per heavy atom. The standard InChI is InChI=1S/C94H58N2/c1-3-23-61(24-4-1)67-27-7-9-29-69(67)79-55-56-80(70-30-10-8-28-68(70)62-25-5-2-6-26-62)92-91(79)95-89(63-47-43-59(44-48-63)65-51-53-77-75-35-15-21-41-85(75)93(87(77)57-65)81-37-17-11-31-71(81)72-32-12-18-38-82(72)93)90(96-92)64-49-45-60(46-50-64)66-52-54-78-76-36-16-22-42-86(76)94(88(78)58-66)83-39-19-13-33-73(83)74-34-14-20-40-84(74)94/h1-58H. The number of fused-ring (bicyclic) bond motifs is 21. The fourth-order valence-electron chi connectivity index (χ4n) is 17.3. The average Bonchev–Trinajstić information content (AvgIpc) is 1.52. The smallest absolute Gasteiger partial charge is 0.0979 e. The van der Waals surface area contributed by atoms with Crippen LogP contribution in [-0.4, -0.2) is 9.97 Å². The van der Waals surface area contributed by atoms with Crippen molar-refractivity contribution in [2.45, 2.75) is 10.8 Å². The first-order valence-electron chi connectivity index (χ1n) is 33.4. The topological polar surface area (TPSA) is 25.8 Å². The van der Waals surface area contributed by atoms with Crippen molar-refractivity contribution < 1.29 is 0 Å². The summed E-state index contributed by atoms with van der Waals surface area (Å²) >= 11 is 0. The van der Waals surface area contributed by atoms with Crippen molar-refractivity contribution in [2.24, 2.45) is 0 Å². The van der Waals surface area contributed by atoms with E-state index >= 15 is 0 Å². The van der Waals surface area contributed by atoms with E-state index in [1.165, 1.54) is 100 Å². The van der Waals surface area contributed by atoms with Crippen molar-refractivity contribution in [3.8, 4) is 134 Å². The SMILES string of the molecule is c1ccc(-c2ccccc2-c2ccc(-c3ccccc3-c3ccccc3)c3nc(-c4ccc(-c5ccc6c(c5)C5(c7ccccc7-c7ccccc75)c5ccccc5-6)cc4)c(-c4ccc(-c5ccc6c(c5)C5(c7ccccc7-c7ccccc75)c5ccccc5-6)cc4)nc23)cc1. The van der Waals surface area contributed by atoms with Gasteiger partial charge in [-0.15, -0.1) is 0 Å². The summed E-state index contributed by atoms with van der Waals surface area (Å²) in [4.78, 5) is 12.1. The maximum absolute atomic E-state index is 6.04. The van der Waals surface area contributed by atoms with E-state index in [1.807, 2.05) is 0 Å². The minimum Gasteiger partial charge on any atom is -0.243 e. The predicted octanol–water partition coefficient (Wildman–Crippen LogP) is 23.7. The summed E-state index contributed by atoms with van der Waals surface area (Å²) in [7, 11) is 0. The first-order chi connectivity index (χ1) is 47.6. The normalized spacial score (nSPS) is 13.4. The van der Waals surface area contributed by atoms with Crippen LogP contribution in [0.5, 0.6) is 0 Å². The van der Waals surface area contributed by atoms with E-state index in [2.05, 4.69) is 352 Å². The second-order valence-corrected chi connectivity index (χ2v) is 26.1. The lowest BCUT2D eigenvalue weighted by molar-refractivity contribution is 0.794. The Kier molecular flexibility index (Phi) is 11.9. The molecule has 0 saturated heterocycles. The van der Waals surface area contributed by atoms with E-state index in [1.54, 1.807) is 0 Å². The summed E-state index contributed by atoms with van der Waals surface area (Å²) in [6.07, 6.45) is 0. The first kappa shape index (κ1) is 54.2. The molecule has 0 unspecified atom stereocenters. The van der Waals surface area contributed by atoms with Crippen LogP contribution >= 0.6 is 0 Å². The van der Waals surface area contributed by atoms with E-state index in [0.717, 1.165) is 89.2 Å². The second-order valence-electron chi connectivity index (χ2n) is 26.1. The molecule has 2 spiro atoms. The lowest BCUT2D eigenvalue weighted by Crippen LogP contribution is -2.25. The van der Waals surface area contributed by atoms with Crippen LogP contribution < -0.4 is 0 Å². The van der Waals surface area contributed by atoms with E-state index in [-0.39, 0.29) is 0 Å². The fourth-order valence-corrected chi connectivity index (χ4v) is 17.3. The van der Waals surface area contributed by atoms with E-state index in [0.29, 0.717) is 0 Å². The minimum atomic E-state index is -0.444. The molecule has 444 valence electrons. The molecule has 0 atom stereocenters. The van der Waals surface area contributed by atoms with Crippen molar-refractivity contribution >= 4 is 11.0 Å². The summed E-state index contributed by atoms with van der Waals surface area (Å²) in [6.45, 7) is 0. The molecule has 4 aliphatic carbocycles. The molecule has 4 aliphatic rings. The molecule has 15 aromatic carbocycles. The van der Waals surface area contributed by atoms with Gasteiger partial charge in [0, 0.05) is 22.3 Å². The van der Waals surface area contributed by atoms with Gasteiger partial charge < -0.3 is 0 Å². The maximum atomic E-state index is 6.04. The molecule has 16 aromatic rings. The quantitative estimate of drug-likeness (QED) is 0.152. The van der Waals surface area contributed by atoms with Crippen molar-refractivity contribution in [2.75, 3.05) is 0 Å². The predicted molar refractivity (Wildman–Crippen MR) is 396 cm³/mol. The number of benzene rings is 15. The highest BCUT2D eigenvalue weighted by atomic mass is 14.8. The van der Waals surface area contributed by atoms with Gasteiger partial charge in [0.2, 0.25) is 0 Å². The van der Waals surface area contributed by atoms with E-state index in [4.69, 9.17) is 9.97 Å². The molecule has 20 rings (SSSR count). The molecule has 96 heavy (non-hydrogen) atoms. The Balaban J connectivity index is 0.780. The summed E-state index contributed by atoms with van der Waals surface area (Å²) in [5, 5.41) is 0. The van der Waals surface area contributed by atoms with Gasteiger partial charge in [0.15, 0.2) is 0 Å². The Morgan fingerprint density at radius 3 is 0.688 bits per heavy atom. The zero-order valence-electron chi connectivity index (χ0n) is 52.4. The van der Waals surface area contributed by atoms with E-state index in [9.17, 15) is 0 Å². The Hall–Kier alpha value is -12.4. The van der Waals surface area contributed by atoms with Crippen LogP contribution in [0.4, 0.5) is 0 Å². The number of nitrogens with zero attached hydrogens (tertiary/aromatic N) is 2. The molecular weight excluding hydrogens is 1160 g/mol. The van der Waals surface area contributed by atoms with Crippen molar-refractivity contribution in [1.29, 1.82) is 0 Å². The van der Waals surface area contributed by atoms with Gasteiger partial charge in [0.25, 0.3) is 0 Å². The van der Waals surface area contributed by atoms with Gasteiger partial charge in [-0.2, -0.15) is 0 Å². The molecule has 1 heterocycles. The van der Waals surface area contributed by atoms with Crippen molar-refractivity contribution in [3.63, 3.8) is 0 Å². The number of aromatic nitrogens is 2. The van der Waals surface area contributed by atoms with Gasteiger partial charge >= 0.3 is 0 Å². The molecular formula is C94H58N2. The molecule has 1 aromatic heterocycles. The summed E-state index contributed by atoms with van der Waals surface area (Å²) in [5.74, 6) is 0. The van der Waals surface area contributed by atoms with Gasteiger partial charge in [0.1, 0.15) is 0 Å². The molecule has 2 nitrogen and oxygen atoms in total. The van der Waals surface area contributed by atoms with Gasteiger partial charge in [-0.25, -0.2) is 9.97 Å². The Labute approximate surface area is 558 Å². The van der Waals surface area contributed by atoms with Crippen LogP contribution in [0.3, 0.4) is 0 Å². The Bertz CT molecular complexity index is 5390. The molecule has 0 N–H and O–H groups in total. The first-order valence-corrected chi connectivity index (χ1v) is 33.4. The number of rotatable bonds is 8. The minimum absolute atomic E-state index is 0.444. The van der Waals surface area contributed by atoms with Crippen molar-refractivity contribution in [1.82, 2.24) is 9.97 Å². The fraction of sp³-hybridized carbons (Fsp3) is 0.0213. The van der Waals surface area contributed by atoms with Crippen LogP contribution in [-0.2, 0) is 10.8 Å². The largest absolute Gasteiger partial charge is 0.243 e. The van der Waals surface area contributed by atoms with E-state index < -0.39 is 10.8 Å². The highest BCUT2D eigenvalue weighted by molar-refractivity contribution is 6.07. The third-order valence-electron chi connectivity index (χ3n) is 21.4. The van der Waals surface area contributed by atoms with Crippen LogP contribution in [0.1, 0.15) is 44.5 Å². The summed E-state index contributed by atoms with van der Waals surface area (Å²) in [5.41, 5.74) is 38.8. The lowest BCUT2D eigenvalue weighted by Gasteiger charge is -2.30. The summed E-state index contributed by atoms with van der Waals surface area (Å²) in [6, 6.07) is 130. The van der Waals surface area contributed by atoms with Crippen molar-refractivity contribution in [3.05, 3.63) is 396 Å². The molecule has 0 amide bonds. The van der Waals surface area contributed by atoms with Crippen LogP contribution in [0, 0.1) is 0 Å². The Morgan fingerprint density at radius 2 is 0.375 bits per heavy atom. The average molecular weight is 1220 g/mol. The molecule has 2 heteroatoms. The molecule has 0 bridgehead atoms. The summed E-state index contributed by atoms with van der Waals surface area (Å²) < 4.78 is 0. The van der Waals surface area contributed by atoms with Gasteiger partial charge in [-0.05, 0) is 157 Å². The molecule has 0 radical (unpaired) electrons. The van der Waals surface area contributed by atoms with Gasteiger partial charge in [-0.3, -0.25) is 0 Å². The number of hydrogen-bond donors (Lipinski definition) is 0. The van der Waals surface area contributed by atoms with Gasteiger partial charge in [-0.1, -0.05) is 340 Å². The zero-order valence-corrected chi connectivity index (χ0v) is 52.4. The van der Waals surface area contributed by atoms with Crippen LogP contribution in [0.15, 0.2) is 352 Å². The maximum Gasteiger partial charge on any atom is 0.0979 e. The lowest BCUT2D eigenvalue weighted by atomic mass is 9.70. The molecule has 0 fully saturated rings. The monoisotopic (exact) mass is 1210 g/mol. The molecule has 0 saturated carbocycles. The van der Waals surface area contributed by atoms with Crippen LogP contribution in [0.25, 0.3) is 145 Å². The zero-order chi connectivity index (χ0) is 63.1. The third kappa shape index (κ3) is 7.70.